The number of nitrogens with one attached hydrogen (secondary N) is 1. The minimum Gasteiger partial charge on any atom is -0.396 e. The topological polar surface area (TPSA) is 54.4 Å². The zero-order chi connectivity index (χ0) is 13.8. The van der Waals surface area contributed by atoms with Crippen LogP contribution in [0.1, 0.15) is 5.01 Å². The Bertz CT molecular complexity index is 547. The van der Waals surface area contributed by atoms with Gasteiger partial charge in [0, 0.05) is 19.3 Å². The number of aliphatic hydroxyl groups excluding tert-OH is 1. The molecule has 0 radical (unpaired) electrons. The quantitative estimate of drug-likeness (QED) is 0.853. The van der Waals surface area contributed by atoms with Gasteiger partial charge < -0.3 is 15.2 Å². The Morgan fingerprint density at radius 1 is 1.30 bits per heavy atom. The zero-order valence-corrected chi connectivity index (χ0v) is 12.0. The summed E-state index contributed by atoms with van der Waals surface area (Å²) in [6.45, 7) is 2.96. The first-order valence-electron chi connectivity index (χ1n) is 6.71. The summed E-state index contributed by atoms with van der Waals surface area (Å²) in [6, 6.07) is 10.3. The Labute approximate surface area is 122 Å². The van der Waals surface area contributed by atoms with Gasteiger partial charge in [-0.05, 0) is 5.56 Å². The van der Waals surface area contributed by atoms with E-state index >= 15 is 0 Å². The highest BCUT2D eigenvalue weighted by atomic mass is 32.1. The van der Waals surface area contributed by atoms with Crippen LogP contribution in [0.5, 0.6) is 0 Å². The van der Waals surface area contributed by atoms with Gasteiger partial charge in [0.25, 0.3) is 0 Å². The van der Waals surface area contributed by atoms with Gasteiger partial charge in [0.05, 0.1) is 30.1 Å². The molecule has 1 aromatic carbocycles. The molecule has 20 heavy (non-hydrogen) atoms. The summed E-state index contributed by atoms with van der Waals surface area (Å²) >= 11 is 1.70. The maximum absolute atomic E-state index is 9.35. The van der Waals surface area contributed by atoms with E-state index in [4.69, 9.17) is 4.74 Å². The summed E-state index contributed by atoms with van der Waals surface area (Å²) in [4.78, 5) is 5.63. The normalized spacial score (nSPS) is 16.9. The summed E-state index contributed by atoms with van der Waals surface area (Å²) in [5.74, 6) is 0. The first-order chi connectivity index (χ1) is 9.81. The average Bonchev–Trinajstić information content (AvgIpc) is 2.92. The molecule has 2 N–H and O–H groups in total. The van der Waals surface area contributed by atoms with Gasteiger partial charge in [-0.25, -0.2) is 4.98 Å². The molecule has 1 aliphatic rings. The highest BCUT2D eigenvalue weighted by molar-refractivity contribution is 7.15. The summed E-state index contributed by atoms with van der Waals surface area (Å²) in [6.07, 6.45) is 1.92. The van der Waals surface area contributed by atoms with E-state index in [0.717, 1.165) is 18.1 Å². The molecule has 2 aromatic rings. The lowest BCUT2D eigenvalue weighted by Crippen LogP contribution is -2.52. The van der Waals surface area contributed by atoms with Crippen LogP contribution in [-0.4, -0.2) is 36.5 Å². The van der Waals surface area contributed by atoms with Crippen LogP contribution in [0.3, 0.4) is 0 Å². The summed E-state index contributed by atoms with van der Waals surface area (Å²) in [7, 11) is 0. The van der Waals surface area contributed by atoms with E-state index in [1.807, 2.05) is 24.4 Å². The van der Waals surface area contributed by atoms with Crippen molar-refractivity contribution in [3.63, 3.8) is 0 Å². The largest absolute Gasteiger partial charge is 0.396 e. The first-order valence-corrected chi connectivity index (χ1v) is 7.52. The van der Waals surface area contributed by atoms with Crippen molar-refractivity contribution in [2.75, 3.05) is 26.4 Å². The van der Waals surface area contributed by atoms with E-state index in [0.29, 0.717) is 13.2 Å². The molecule has 1 fully saturated rings. The van der Waals surface area contributed by atoms with Gasteiger partial charge in [-0.15, -0.1) is 11.3 Å². The third-order valence-corrected chi connectivity index (χ3v) is 4.59. The van der Waals surface area contributed by atoms with Crippen molar-refractivity contribution < 1.29 is 9.84 Å². The lowest BCUT2D eigenvalue weighted by molar-refractivity contribution is -0.134. The molecule has 0 aliphatic carbocycles. The fourth-order valence-electron chi connectivity index (χ4n) is 2.20. The van der Waals surface area contributed by atoms with E-state index in [1.165, 1.54) is 10.4 Å². The van der Waals surface area contributed by atoms with E-state index < -0.39 is 0 Å². The fraction of sp³-hybridized carbons (Fsp3) is 0.400. The maximum Gasteiger partial charge on any atom is 0.107 e. The molecule has 0 unspecified atom stereocenters. The molecular weight excluding hydrogens is 272 g/mol. The van der Waals surface area contributed by atoms with Crippen molar-refractivity contribution in [3.05, 3.63) is 41.5 Å². The number of thiazole rings is 1. The Balaban J connectivity index is 1.55. The van der Waals surface area contributed by atoms with Gasteiger partial charge in [0.2, 0.25) is 0 Å². The first kappa shape index (κ1) is 13.7. The van der Waals surface area contributed by atoms with Crippen LogP contribution in [-0.2, 0) is 11.3 Å². The van der Waals surface area contributed by atoms with E-state index in [1.54, 1.807) is 11.3 Å². The van der Waals surface area contributed by atoms with E-state index in [9.17, 15) is 5.11 Å². The second-order valence-corrected chi connectivity index (χ2v) is 6.35. The lowest BCUT2D eigenvalue weighted by Gasteiger charge is -2.39. The third kappa shape index (κ3) is 2.91. The predicted molar refractivity (Wildman–Crippen MR) is 79.6 cm³/mol. The molecule has 1 saturated heterocycles. The van der Waals surface area contributed by atoms with E-state index in [2.05, 4.69) is 22.4 Å². The van der Waals surface area contributed by atoms with Crippen molar-refractivity contribution in [2.45, 2.75) is 6.54 Å². The molecule has 0 atom stereocenters. The van der Waals surface area contributed by atoms with E-state index in [-0.39, 0.29) is 12.0 Å². The van der Waals surface area contributed by atoms with Gasteiger partial charge >= 0.3 is 0 Å². The van der Waals surface area contributed by atoms with Crippen molar-refractivity contribution in [1.82, 2.24) is 10.3 Å². The molecular formula is C15H18N2O2S. The monoisotopic (exact) mass is 290 g/mol. The zero-order valence-electron chi connectivity index (χ0n) is 11.2. The second-order valence-electron chi connectivity index (χ2n) is 5.24. The van der Waals surface area contributed by atoms with Crippen molar-refractivity contribution in [2.24, 2.45) is 5.41 Å². The van der Waals surface area contributed by atoms with Crippen LogP contribution in [0, 0.1) is 5.41 Å². The highest BCUT2D eigenvalue weighted by Gasteiger charge is 2.37. The second kappa shape index (κ2) is 6.01. The molecule has 3 rings (SSSR count). The van der Waals surface area contributed by atoms with Crippen molar-refractivity contribution in [3.8, 4) is 10.4 Å². The fourth-order valence-corrected chi connectivity index (χ4v) is 3.10. The minimum atomic E-state index is -0.0838. The Morgan fingerprint density at radius 3 is 2.75 bits per heavy atom. The smallest absolute Gasteiger partial charge is 0.107 e. The molecule has 106 valence electrons. The lowest BCUT2D eigenvalue weighted by atomic mass is 9.87. The van der Waals surface area contributed by atoms with Crippen LogP contribution in [0.15, 0.2) is 36.5 Å². The van der Waals surface area contributed by atoms with Crippen LogP contribution < -0.4 is 5.32 Å². The predicted octanol–water partition coefficient (Wildman–Crippen LogP) is 1.91. The molecule has 0 bridgehead atoms. The Morgan fingerprint density at radius 2 is 2.10 bits per heavy atom. The highest BCUT2D eigenvalue weighted by Crippen LogP contribution is 2.27. The maximum atomic E-state index is 9.35. The van der Waals surface area contributed by atoms with Gasteiger partial charge in [-0.1, -0.05) is 30.3 Å². The van der Waals surface area contributed by atoms with Crippen LogP contribution in [0.2, 0.25) is 0 Å². The number of hydrogen-bond acceptors (Lipinski definition) is 5. The molecule has 1 aromatic heterocycles. The molecule has 2 heterocycles. The SMILES string of the molecule is OCC1(CNCc2ncc(-c3ccccc3)s2)COC1. The molecule has 5 heteroatoms. The number of hydrogen-bond donors (Lipinski definition) is 2. The number of nitrogens with zero attached hydrogens (tertiary/aromatic N) is 1. The number of aliphatic hydroxyl groups is 1. The Hall–Kier alpha value is -1.27. The number of ether oxygens (including phenoxy) is 1. The minimum absolute atomic E-state index is 0.0838. The summed E-state index contributed by atoms with van der Waals surface area (Å²) in [5, 5.41) is 13.8. The summed E-state index contributed by atoms with van der Waals surface area (Å²) < 4.78 is 5.18. The average molecular weight is 290 g/mol. The van der Waals surface area contributed by atoms with Crippen molar-refractivity contribution in [1.29, 1.82) is 0 Å². The standard InChI is InChI=1S/C15H18N2O2S/c18-9-15(10-19-11-15)8-16-7-14-17-6-13(20-14)12-4-2-1-3-5-12/h1-6,16,18H,7-11H2. The molecule has 0 spiro atoms. The molecule has 1 aliphatic heterocycles. The molecule has 0 saturated carbocycles. The number of benzene rings is 1. The van der Waals surface area contributed by atoms with Gasteiger partial charge in [0.1, 0.15) is 5.01 Å². The van der Waals surface area contributed by atoms with Gasteiger partial charge in [-0.3, -0.25) is 0 Å². The van der Waals surface area contributed by atoms with Crippen molar-refractivity contribution >= 4 is 11.3 Å². The van der Waals surface area contributed by atoms with Crippen LogP contribution >= 0.6 is 11.3 Å². The molecule has 0 amide bonds. The summed E-state index contributed by atoms with van der Waals surface area (Å²) in [5.41, 5.74) is 1.12. The van der Waals surface area contributed by atoms with Crippen LogP contribution in [0.25, 0.3) is 10.4 Å². The van der Waals surface area contributed by atoms with Gasteiger partial charge in [-0.2, -0.15) is 0 Å². The van der Waals surface area contributed by atoms with Gasteiger partial charge in [0.15, 0.2) is 0 Å². The Kier molecular flexibility index (Phi) is 4.12. The number of rotatable bonds is 6. The van der Waals surface area contributed by atoms with Crippen LogP contribution in [0.4, 0.5) is 0 Å². The third-order valence-electron chi connectivity index (χ3n) is 3.54. The molecule has 4 nitrogen and oxygen atoms in total. The number of aromatic nitrogens is 1.